The molecular weight excluding hydrogens is 1030 g/mol. The largest absolute Gasteiger partial charge is 0.433 e. The minimum Gasteiger partial charge on any atom is -0.433 e. The van der Waals surface area contributed by atoms with Crippen LogP contribution in [0.5, 0.6) is 11.5 Å². The molecule has 4 aromatic heterocycles. The quantitative estimate of drug-likeness (QED) is 0.0332. The van der Waals surface area contributed by atoms with Crippen molar-refractivity contribution in [2.24, 2.45) is 0 Å². The Bertz CT molecular complexity index is 3540. The molecule has 414 valence electrons. The van der Waals surface area contributed by atoms with Crippen LogP contribution in [-0.2, 0) is 4.79 Å². The van der Waals surface area contributed by atoms with Crippen molar-refractivity contribution in [1.29, 1.82) is 0 Å². The average Bonchev–Trinajstić information content (AvgIpc) is 4.20. The number of carbonyl (C=O) groups is 3. The van der Waals surface area contributed by atoms with Gasteiger partial charge in [0.25, 0.3) is 5.69 Å². The molecule has 0 fully saturated rings. The highest BCUT2D eigenvalue weighted by Gasteiger charge is 2.30. The van der Waals surface area contributed by atoms with Crippen molar-refractivity contribution in [3.63, 3.8) is 0 Å². The number of halogens is 4. The molecule has 0 aliphatic rings. The van der Waals surface area contributed by atoms with Gasteiger partial charge in [0.05, 0.1) is 44.4 Å². The molecule has 1 amide bonds. The number of fused-ring (bicyclic) bond motifs is 2. The molecule has 0 radical (unpaired) electrons. The Labute approximate surface area is 451 Å². The molecule has 21 nitrogen and oxygen atoms in total. The molecule has 0 aliphatic carbocycles. The van der Waals surface area contributed by atoms with Crippen LogP contribution in [-0.4, -0.2) is 143 Å². The summed E-state index contributed by atoms with van der Waals surface area (Å²) in [6, 6.07) is 23.0. The van der Waals surface area contributed by atoms with E-state index in [4.69, 9.17) is 15.2 Å². The topological polar surface area (TPSA) is 228 Å². The standard InChI is InChI=1S/C28H29F2N7O5.C26H29F2N7O2/c1-17(38)35-16-20(19-8-6-7-9-22(19)35)21-10-11-31-28(32-21)36(18(2)39)25-14-24(37(40)41)23(15-26(25)42-27(29)30)34(5)13-12-33(3)4;1-16(36)35-15-18(17-7-5-6-8-22(17)35)20-9-10-30-26(31-20)32-21-13-19(29)23(14-24(21)37-25(27)28)34(4)12-11-33(2)3/h6-11,14-16,27H,12-13H2,1-5H3;5-10,13-15,25H,11-12,29H2,1-4H3,(H,30,31,32). The molecule has 0 saturated carbocycles. The number of para-hydroxylation sites is 2. The zero-order chi connectivity index (χ0) is 57.4. The zero-order valence-corrected chi connectivity index (χ0v) is 44.7. The summed E-state index contributed by atoms with van der Waals surface area (Å²) in [5.74, 6) is -1.70. The third-order valence-electron chi connectivity index (χ3n) is 12.4. The fraction of sp³-hybridized carbons (Fsp3) is 0.278. The summed E-state index contributed by atoms with van der Waals surface area (Å²) >= 11 is 0. The lowest BCUT2D eigenvalue weighted by Gasteiger charge is -2.25. The first-order valence-electron chi connectivity index (χ1n) is 24.4. The lowest BCUT2D eigenvalue weighted by molar-refractivity contribution is -0.384. The molecule has 79 heavy (non-hydrogen) atoms. The normalized spacial score (nSPS) is 11.3. The highest BCUT2D eigenvalue weighted by Crippen LogP contribution is 2.43. The highest BCUT2D eigenvalue weighted by molar-refractivity contribution is 6.03. The number of rotatable bonds is 19. The molecule has 0 unspecified atom stereocenters. The molecule has 0 spiro atoms. The van der Waals surface area contributed by atoms with Gasteiger partial charge in [0.2, 0.25) is 29.6 Å². The van der Waals surface area contributed by atoms with Crippen LogP contribution in [0.2, 0.25) is 0 Å². The molecule has 3 N–H and O–H groups in total. The summed E-state index contributed by atoms with van der Waals surface area (Å²) < 4.78 is 66.3. The number of nitrogens with two attached hydrogens (primary N) is 1. The van der Waals surface area contributed by atoms with Gasteiger partial charge in [-0.3, -0.25) is 33.6 Å². The van der Waals surface area contributed by atoms with Gasteiger partial charge in [-0.05, 0) is 58.5 Å². The van der Waals surface area contributed by atoms with Crippen LogP contribution < -0.4 is 35.2 Å². The van der Waals surface area contributed by atoms with Gasteiger partial charge in [-0.2, -0.15) is 17.6 Å². The Balaban J connectivity index is 0.000000230. The van der Waals surface area contributed by atoms with Crippen molar-refractivity contribution in [1.82, 2.24) is 38.9 Å². The molecule has 25 heteroatoms. The summed E-state index contributed by atoms with van der Waals surface area (Å²) in [7, 11) is 11.0. The van der Waals surface area contributed by atoms with E-state index in [2.05, 4.69) is 25.3 Å². The maximum Gasteiger partial charge on any atom is 0.387 e. The zero-order valence-electron chi connectivity index (χ0n) is 44.7. The number of alkyl halides is 4. The minimum atomic E-state index is -3.29. The maximum absolute atomic E-state index is 13.6. The number of likely N-dealkylation sites (N-methyl/N-ethyl adjacent to an activating group) is 4. The summed E-state index contributed by atoms with van der Waals surface area (Å²) in [4.78, 5) is 74.5. The summed E-state index contributed by atoms with van der Waals surface area (Å²) in [6.07, 6.45) is 6.23. The van der Waals surface area contributed by atoms with E-state index in [0.717, 1.165) is 47.0 Å². The van der Waals surface area contributed by atoms with Crippen LogP contribution in [0.15, 0.2) is 110 Å². The number of aromatic nitrogens is 6. The number of nitrogens with one attached hydrogen (secondary N) is 1. The molecule has 8 rings (SSSR count). The Morgan fingerprint density at radius 1 is 0.658 bits per heavy atom. The van der Waals surface area contributed by atoms with Gasteiger partial charge in [0.1, 0.15) is 11.4 Å². The summed E-state index contributed by atoms with van der Waals surface area (Å²) in [5, 5.41) is 16.6. The van der Waals surface area contributed by atoms with Crippen molar-refractivity contribution in [3.05, 3.63) is 120 Å². The summed E-state index contributed by atoms with van der Waals surface area (Å²) in [6.45, 7) is -0.0149. The van der Waals surface area contributed by atoms with E-state index in [1.165, 1.54) is 36.7 Å². The van der Waals surface area contributed by atoms with E-state index in [9.17, 15) is 42.1 Å². The fourth-order valence-electron chi connectivity index (χ4n) is 8.51. The predicted molar refractivity (Wildman–Crippen MR) is 295 cm³/mol. The number of amides is 1. The third kappa shape index (κ3) is 13.5. The van der Waals surface area contributed by atoms with E-state index < -0.39 is 35.5 Å². The minimum absolute atomic E-state index is 0.0245. The van der Waals surface area contributed by atoms with Gasteiger partial charge in [0, 0.05) is 126 Å². The second kappa shape index (κ2) is 24.8. The fourth-order valence-corrected chi connectivity index (χ4v) is 8.51. The molecule has 0 aliphatic heterocycles. The number of nitro benzene ring substituents is 1. The van der Waals surface area contributed by atoms with E-state index in [-0.39, 0.29) is 46.5 Å². The van der Waals surface area contributed by atoms with Crippen LogP contribution in [0.1, 0.15) is 30.4 Å². The predicted octanol–water partition coefficient (Wildman–Crippen LogP) is 9.63. The Morgan fingerprint density at radius 3 is 1.66 bits per heavy atom. The number of hydrogen-bond donors (Lipinski definition) is 2. The number of nitrogen functional groups attached to an aromatic ring is 1. The molecule has 0 bridgehead atoms. The van der Waals surface area contributed by atoms with Gasteiger partial charge in [-0.25, -0.2) is 24.8 Å². The molecule has 4 aromatic carbocycles. The highest BCUT2D eigenvalue weighted by atomic mass is 19.3. The number of nitro groups is 1. The van der Waals surface area contributed by atoms with Gasteiger partial charge in [-0.1, -0.05) is 36.4 Å². The van der Waals surface area contributed by atoms with Crippen molar-refractivity contribution in [3.8, 4) is 34.0 Å². The first-order valence-corrected chi connectivity index (χ1v) is 24.4. The van der Waals surface area contributed by atoms with Crippen molar-refractivity contribution in [2.45, 2.75) is 34.0 Å². The summed E-state index contributed by atoms with van der Waals surface area (Å²) in [5.41, 5.74) is 10.3. The van der Waals surface area contributed by atoms with E-state index >= 15 is 0 Å². The number of carbonyl (C=O) groups excluding carboxylic acids is 3. The van der Waals surface area contributed by atoms with Crippen molar-refractivity contribution < 1.29 is 46.3 Å². The van der Waals surface area contributed by atoms with Gasteiger partial charge in [-0.15, -0.1) is 0 Å². The van der Waals surface area contributed by atoms with Crippen LogP contribution in [0.25, 0.3) is 44.3 Å². The second-order valence-electron chi connectivity index (χ2n) is 18.6. The first kappa shape index (κ1) is 57.5. The Hall–Kier alpha value is -9.23. The molecule has 4 heterocycles. The lowest BCUT2D eigenvalue weighted by atomic mass is 10.1. The monoisotopic (exact) mass is 1090 g/mol. The maximum atomic E-state index is 13.6. The van der Waals surface area contributed by atoms with Gasteiger partial charge < -0.3 is 40.1 Å². The lowest BCUT2D eigenvalue weighted by Crippen LogP contribution is -2.29. The molecule has 0 atom stereocenters. The van der Waals surface area contributed by atoms with E-state index in [1.54, 1.807) is 71.5 Å². The average molecular weight is 1090 g/mol. The van der Waals surface area contributed by atoms with E-state index in [1.807, 2.05) is 74.2 Å². The van der Waals surface area contributed by atoms with Crippen molar-refractivity contribution in [2.75, 3.05) is 94.2 Å². The molecule has 0 saturated heterocycles. The van der Waals surface area contributed by atoms with Crippen molar-refractivity contribution >= 4 is 85.5 Å². The Kier molecular flexibility index (Phi) is 18.1. The third-order valence-corrected chi connectivity index (χ3v) is 12.4. The number of hydrogen-bond acceptors (Lipinski definition) is 17. The van der Waals surface area contributed by atoms with Gasteiger partial charge in [0.15, 0.2) is 11.5 Å². The smallest absolute Gasteiger partial charge is 0.387 e. The Morgan fingerprint density at radius 2 is 1.15 bits per heavy atom. The number of anilines is 7. The molecular formula is C54H58F4N14O7. The first-order chi connectivity index (χ1) is 37.5. The number of ether oxygens (including phenoxy) is 2. The van der Waals surface area contributed by atoms with Crippen LogP contribution >= 0.6 is 0 Å². The van der Waals surface area contributed by atoms with Gasteiger partial charge >= 0.3 is 13.2 Å². The second-order valence-corrected chi connectivity index (χ2v) is 18.6. The van der Waals surface area contributed by atoms with E-state index in [0.29, 0.717) is 58.9 Å². The number of nitrogens with zero attached hydrogens (tertiary/aromatic N) is 12. The van der Waals surface area contributed by atoms with Crippen LogP contribution in [0.3, 0.4) is 0 Å². The number of benzene rings is 4. The molecule has 8 aromatic rings. The van der Waals surface area contributed by atoms with Crippen LogP contribution in [0.4, 0.5) is 63.6 Å². The van der Waals surface area contributed by atoms with Crippen LogP contribution in [0, 0.1) is 10.1 Å². The SMILES string of the molecule is CC(=O)N(c1nccc(-c2cn(C(C)=O)c3ccccc23)n1)c1cc([N+](=O)[O-])c(N(C)CCN(C)C)cc1OC(F)F.CC(=O)n1cc(-c2ccnc(Nc3cc(N)c(N(C)CCN(C)C)cc3OC(F)F)n2)c2ccccc21.